The molecule has 0 bridgehead atoms. The fourth-order valence-electron chi connectivity index (χ4n) is 4.50. The van der Waals surface area contributed by atoms with Gasteiger partial charge in [-0.1, -0.05) is 37.5 Å². The van der Waals surface area contributed by atoms with Crippen molar-refractivity contribution in [2.75, 3.05) is 25.0 Å². The van der Waals surface area contributed by atoms with Crippen molar-refractivity contribution in [2.24, 2.45) is 5.92 Å². The molecule has 2 heterocycles. The van der Waals surface area contributed by atoms with Crippen LogP contribution in [0.15, 0.2) is 35.9 Å². The first kappa shape index (κ1) is 16.8. The highest BCUT2D eigenvalue weighted by atomic mass is 16.1. The van der Waals surface area contributed by atoms with Gasteiger partial charge in [0.05, 0.1) is 0 Å². The molecule has 2 atom stereocenters. The lowest BCUT2D eigenvalue weighted by Crippen LogP contribution is -2.52. The number of hydrogen-bond acceptors (Lipinski definition) is 3. The predicted octanol–water partition coefficient (Wildman–Crippen LogP) is 3.18. The first-order chi connectivity index (χ1) is 12.3. The smallest absolute Gasteiger partial charge is 0.252 e. The van der Waals surface area contributed by atoms with Crippen LogP contribution in [0.4, 0.5) is 5.69 Å². The largest absolute Gasteiger partial charge is 0.322 e. The molecule has 2 aliphatic heterocycles. The number of carbonyl (C=O) groups excluding carboxylic acids is 1. The Morgan fingerprint density at radius 2 is 1.84 bits per heavy atom. The van der Waals surface area contributed by atoms with E-state index in [1.54, 1.807) is 0 Å². The third-order valence-corrected chi connectivity index (χ3v) is 6.04. The highest BCUT2D eigenvalue weighted by Gasteiger charge is 2.28. The second-order valence-electron chi connectivity index (χ2n) is 7.75. The molecule has 1 aromatic carbocycles. The summed E-state index contributed by atoms with van der Waals surface area (Å²) < 4.78 is 0. The Hall–Kier alpha value is -1.65. The normalized spacial score (nSPS) is 27.3. The maximum absolute atomic E-state index is 12.6. The van der Waals surface area contributed by atoms with E-state index < -0.39 is 0 Å². The van der Waals surface area contributed by atoms with Crippen LogP contribution in [0.2, 0.25) is 0 Å². The molecule has 1 saturated carbocycles. The fraction of sp³-hybridized carbons (Fsp3) is 0.571. The topological polar surface area (TPSA) is 53.2 Å². The van der Waals surface area contributed by atoms with Crippen LogP contribution in [0, 0.1) is 5.92 Å². The summed E-state index contributed by atoms with van der Waals surface area (Å²) >= 11 is 0. The molecule has 2 unspecified atom stereocenters. The molecule has 134 valence electrons. The third kappa shape index (κ3) is 3.96. The minimum atomic E-state index is 0.0369. The molecule has 1 aliphatic carbocycles. The van der Waals surface area contributed by atoms with Crippen molar-refractivity contribution < 1.29 is 4.79 Å². The minimum absolute atomic E-state index is 0.0369. The van der Waals surface area contributed by atoms with Crippen molar-refractivity contribution in [3.05, 3.63) is 41.5 Å². The lowest BCUT2D eigenvalue weighted by atomic mass is 9.84. The van der Waals surface area contributed by atoms with E-state index in [0.29, 0.717) is 24.4 Å². The lowest BCUT2D eigenvalue weighted by molar-refractivity contribution is -0.113. The van der Waals surface area contributed by atoms with Gasteiger partial charge in [0.2, 0.25) is 0 Å². The number of amides is 1. The molecule has 3 aliphatic rings. The van der Waals surface area contributed by atoms with Crippen LogP contribution in [-0.2, 0) is 4.79 Å². The Kier molecular flexibility index (Phi) is 5.18. The molecular formula is C21H29N3O. The van der Waals surface area contributed by atoms with Gasteiger partial charge in [-0.15, -0.1) is 0 Å². The van der Waals surface area contributed by atoms with Crippen molar-refractivity contribution in [2.45, 2.75) is 50.5 Å². The van der Waals surface area contributed by atoms with E-state index in [0.717, 1.165) is 30.8 Å². The lowest BCUT2D eigenvalue weighted by Gasteiger charge is -2.35. The molecule has 3 N–H and O–H groups in total. The number of piperidine rings is 1. The van der Waals surface area contributed by atoms with Crippen LogP contribution < -0.4 is 16.0 Å². The molecule has 1 amide bonds. The fourth-order valence-corrected chi connectivity index (χ4v) is 4.50. The summed E-state index contributed by atoms with van der Waals surface area (Å²) in [6, 6.07) is 8.99. The first-order valence-corrected chi connectivity index (χ1v) is 9.86. The first-order valence-electron chi connectivity index (χ1n) is 9.86. The van der Waals surface area contributed by atoms with Crippen LogP contribution in [0.1, 0.15) is 50.0 Å². The van der Waals surface area contributed by atoms with E-state index in [-0.39, 0.29) is 5.91 Å². The number of nitrogens with one attached hydrogen (secondary N) is 3. The summed E-state index contributed by atoms with van der Waals surface area (Å²) in [5, 5.41) is 9.98. The van der Waals surface area contributed by atoms with Crippen LogP contribution in [0.3, 0.4) is 0 Å². The summed E-state index contributed by atoms with van der Waals surface area (Å²) in [4.78, 5) is 12.6. The van der Waals surface area contributed by atoms with Gasteiger partial charge in [0.1, 0.15) is 0 Å². The van der Waals surface area contributed by atoms with E-state index in [4.69, 9.17) is 0 Å². The quantitative estimate of drug-likeness (QED) is 0.793. The Bertz CT molecular complexity index is 631. The third-order valence-electron chi connectivity index (χ3n) is 6.04. The van der Waals surface area contributed by atoms with Gasteiger partial charge in [-0.05, 0) is 55.3 Å². The summed E-state index contributed by atoms with van der Waals surface area (Å²) in [6.45, 7) is 2.70. The number of hydrogen-bond donors (Lipinski definition) is 3. The summed E-state index contributed by atoms with van der Waals surface area (Å²) in [7, 11) is 0. The van der Waals surface area contributed by atoms with E-state index in [1.807, 2.05) is 0 Å². The molecule has 1 saturated heterocycles. The maximum Gasteiger partial charge on any atom is 0.252 e. The van der Waals surface area contributed by atoms with E-state index >= 15 is 0 Å². The molecule has 4 heteroatoms. The van der Waals surface area contributed by atoms with Gasteiger partial charge in [-0.25, -0.2) is 0 Å². The Morgan fingerprint density at radius 1 is 1.04 bits per heavy atom. The summed E-state index contributed by atoms with van der Waals surface area (Å²) in [6.07, 6.45) is 9.98. The average Bonchev–Trinajstić information content (AvgIpc) is 2.69. The molecule has 4 nitrogen and oxygen atoms in total. The molecule has 0 aromatic heterocycles. The number of anilines is 1. The molecule has 25 heavy (non-hydrogen) atoms. The van der Waals surface area contributed by atoms with Gasteiger partial charge < -0.3 is 16.0 Å². The second kappa shape index (κ2) is 7.71. The zero-order chi connectivity index (χ0) is 17.1. The van der Waals surface area contributed by atoms with Crippen molar-refractivity contribution in [1.82, 2.24) is 10.6 Å². The van der Waals surface area contributed by atoms with Crippen molar-refractivity contribution in [3.63, 3.8) is 0 Å². The van der Waals surface area contributed by atoms with E-state index in [2.05, 4.69) is 46.3 Å². The van der Waals surface area contributed by atoms with Crippen molar-refractivity contribution in [1.29, 1.82) is 0 Å². The summed E-state index contributed by atoms with van der Waals surface area (Å²) in [5.41, 5.74) is 3.20. The molecule has 0 radical (unpaired) electrons. The highest BCUT2D eigenvalue weighted by molar-refractivity contribution is 6.04. The number of fused-ring (bicyclic) bond motifs is 1. The maximum atomic E-state index is 12.6. The minimum Gasteiger partial charge on any atom is -0.322 e. The predicted molar refractivity (Wildman–Crippen MR) is 102 cm³/mol. The van der Waals surface area contributed by atoms with Gasteiger partial charge in [-0.2, -0.15) is 0 Å². The molecule has 4 rings (SSSR count). The number of benzene rings is 1. The Labute approximate surface area is 150 Å². The Balaban J connectivity index is 1.38. The molecular weight excluding hydrogens is 310 g/mol. The monoisotopic (exact) mass is 339 g/mol. The van der Waals surface area contributed by atoms with Gasteiger partial charge in [0.15, 0.2) is 0 Å². The van der Waals surface area contributed by atoms with Crippen LogP contribution >= 0.6 is 0 Å². The van der Waals surface area contributed by atoms with Gasteiger partial charge in [-0.3, -0.25) is 4.79 Å². The van der Waals surface area contributed by atoms with E-state index in [1.165, 1.54) is 37.7 Å². The molecule has 1 aromatic rings. The second-order valence-corrected chi connectivity index (χ2v) is 7.75. The zero-order valence-electron chi connectivity index (χ0n) is 14.9. The van der Waals surface area contributed by atoms with Crippen molar-refractivity contribution >= 4 is 11.6 Å². The SMILES string of the molecule is O=C(Nc1ccc(C2CCCCC2)cc1)C1=CC2CCNCC2NC1. The summed E-state index contributed by atoms with van der Waals surface area (Å²) in [5.74, 6) is 1.22. The molecule has 0 spiro atoms. The standard InChI is InChI=1S/C21H29N3O/c25-21(18-12-17-10-11-22-14-20(17)23-13-18)24-19-8-6-16(7-9-19)15-4-2-1-3-5-15/h6-9,12,15,17,20,22-23H,1-5,10-11,13-14H2,(H,24,25). The molecule has 2 fully saturated rings. The van der Waals surface area contributed by atoms with E-state index in [9.17, 15) is 4.79 Å². The van der Waals surface area contributed by atoms with Gasteiger partial charge in [0.25, 0.3) is 5.91 Å². The van der Waals surface area contributed by atoms with Crippen LogP contribution in [-0.4, -0.2) is 31.6 Å². The zero-order valence-corrected chi connectivity index (χ0v) is 14.9. The highest BCUT2D eigenvalue weighted by Crippen LogP contribution is 2.33. The average molecular weight is 339 g/mol. The van der Waals surface area contributed by atoms with Crippen molar-refractivity contribution in [3.8, 4) is 0 Å². The van der Waals surface area contributed by atoms with Gasteiger partial charge >= 0.3 is 0 Å². The Morgan fingerprint density at radius 3 is 2.64 bits per heavy atom. The van der Waals surface area contributed by atoms with Crippen LogP contribution in [0.25, 0.3) is 0 Å². The number of carbonyl (C=O) groups is 1. The van der Waals surface area contributed by atoms with Gasteiger partial charge in [0, 0.05) is 30.4 Å². The number of rotatable bonds is 3. The van der Waals surface area contributed by atoms with Crippen LogP contribution in [0.5, 0.6) is 0 Å².